The minimum absolute atomic E-state index is 0. The van der Waals surface area contributed by atoms with E-state index in [1.807, 2.05) is 0 Å². The quantitative estimate of drug-likeness (QED) is 0.532. The Morgan fingerprint density at radius 1 is 0.680 bits per heavy atom. The number of fused-ring (bicyclic) bond motifs is 6. The molecule has 2 aromatic carbocycles. The van der Waals surface area contributed by atoms with Gasteiger partial charge in [-0.15, -0.1) is 0 Å². The second-order valence-corrected chi connectivity index (χ2v) is 10.7. The van der Waals surface area contributed by atoms with Gasteiger partial charge in [-0.1, -0.05) is 0 Å². The fourth-order valence-electron chi connectivity index (χ4n) is 4.82. The van der Waals surface area contributed by atoms with Gasteiger partial charge in [0, 0.05) is 0 Å². The van der Waals surface area contributed by atoms with Crippen LogP contribution in [0.25, 0.3) is 11.1 Å². The number of rotatable bonds is 0. The average Bonchev–Trinajstić information content (AvgIpc) is 2.91. The Kier molecular flexibility index (Phi) is 5.50. The molecule has 0 nitrogen and oxygen atoms in total. The zero-order chi connectivity index (χ0) is 15.6. The van der Waals surface area contributed by atoms with Gasteiger partial charge in [0.1, 0.15) is 0 Å². The topological polar surface area (TPSA) is 0 Å². The fraction of sp³-hybridized carbons (Fsp3) is 0.273. The van der Waals surface area contributed by atoms with Crippen molar-refractivity contribution in [2.75, 3.05) is 0 Å². The zero-order valence-electron chi connectivity index (χ0n) is 14.4. The fourth-order valence-corrected chi connectivity index (χ4v) is 10.5. The normalized spacial score (nSPS) is 22.3. The van der Waals surface area contributed by atoms with Crippen molar-refractivity contribution in [3.8, 4) is 0 Å². The van der Waals surface area contributed by atoms with Crippen molar-refractivity contribution < 1.29 is 48.0 Å². The van der Waals surface area contributed by atoms with Gasteiger partial charge in [-0.25, -0.2) is 0 Å². The number of hydrogen-bond donors (Lipinski definition) is 0. The number of halogens is 2. The molecule has 3 heteroatoms. The standard InChI is InChI=1S/C22H20.2ClH.Zr/c1-15-17(13-19-7-3-5-9-21(15)19)11-12-18-14-20-8-4-6-10-22(20)16(18)2;;;/h3-10,13-14H,11-12H2,1-2H3;2*1H;/q;;;+2/p-2. The molecule has 2 atom stereocenters. The smallest absolute Gasteiger partial charge is 1.00 e. The van der Waals surface area contributed by atoms with Crippen molar-refractivity contribution in [1.29, 1.82) is 0 Å². The van der Waals surface area contributed by atoms with Crippen LogP contribution in [0.1, 0.15) is 56.2 Å². The van der Waals surface area contributed by atoms with Crippen LogP contribution in [0, 0.1) is 0 Å². The summed E-state index contributed by atoms with van der Waals surface area (Å²) in [5.74, 6) is 0. The summed E-state index contributed by atoms with van der Waals surface area (Å²) in [4.78, 5) is 0. The monoisotopic (exact) mass is 444 g/mol. The van der Waals surface area contributed by atoms with Crippen LogP contribution in [0.2, 0.25) is 0 Å². The molecule has 0 aromatic heterocycles. The summed E-state index contributed by atoms with van der Waals surface area (Å²) >= 11 is -0.606. The van der Waals surface area contributed by atoms with Crippen LogP contribution in [0.15, 0.2) is 59.7 Å². The number of allylic oxidation sites excluding steroid dienone is 4. The third-order valence-corrected chi connectivity index (χ3v) is 10.9. The van der Waals surface area contributed by atoms with Crippen LogP contribution in [-0.4, -0.2) is 0 Å². The van der Waals surface area contributed by atoms with E-state index in [2.05, 4.69) is 62.4 Å². The Bertz CT molecular complexity index is 821. The van der Waals surface area contributed by atoms with Crippen molar-refractivity contribution in [1.82, 2.24) is 0 Å². The van der Waals surface area contributed by atoms with Crippen LogP contribution in [0.5, 0.6) is 0 Å². The third kappa shape index (κ3) is 2.75. The Morgan fingerprint density at radius 3 is 1.52 bits per heavy atom. The summed E-state index contributed by atoms with van der Waals surface area (Å²) in [6.07, 6.45) is 2.56. The molecule has 0 amide bonds. The van der Waals surface area contributed by atoms with Crippen LogP contribution < -0.4 is 24.8 Å². The van der Waals surface area contributed by atoms with Gasteiger partial charge in [0.05, 0.1) is 0 Å². The summed E-state index contributed by atoms with van der Waals surface area (Å²) in [6, 6.07) is 18.4. The summed E-state index contributed by atoms with van der Waals surface area (Å²) in [5, 5.41) is 0. The molecule has 5 rings (SSSR count). The molecule has 1 heterocycles. The average molecular weight is 447 g/mol. The molecule has 0 N–H and O–H groups in total. The van der Waals surface area contributed by atoms with Crippen molar-refractivity contribution in [2.45, 2.75) is 33.9 Å². The minimum Gasteiger partial charge on any atom is -1.00 e. The zero-order valence-corrected chi connectivity index (χ0v) is 18.4. The molecule has 2 aliphatic carbocycles. The SMILES string of the molecule is CC1=C2CCC3=C(C)c4ccccc4[CH]3[Zr+2][CH]2c2ccccc21.[Cl-].[Cl-]. The van der Waals surface area contributed by atoms with Crippen molar-refractivity contribution in [3.63, 3.8) is 0 Å². The van der Waals surface area contributed by atoms with Gasteiger partial charge < -0.3 is 24.8 Å². The maximum Gasteiger partial charge on any atom is -1.00 e. The summed E-state index contributed by atoms with van der Waals surface area (Å²) in [5.41, 5.74) is 13.1. The van der Waals surface area contributed by atoms with Crippen molar-refractivity contribution >= 4 is 11.1 Å². The molecule has 3 aliphatic rings. The molecule has 126 valence electrons. The number of hydrogen-bond acceptors (Lipinski definition) is 0. The Labute approximate surface area is 174 Å². The van der Waals surface area contributed by atoms with Gasteiger partial charge in [0.25, 0.3) is 0 Å². The van der Waals surface area contributed by atoms with Crippen LogP contribution in [0.3, 0.4) is 0 Å². The van der Waals surface area contributed by atoms with Gasteiger partial charge in [-0.2, -0.15) is 0 Å². The van der Waals surface area contributed by atoms with E-state index in [0.29, 0.717) is 0 Å². The van der Waals surface area contributed by atoms with Crippen LogP contribution in [-0.2, 0) is 23.2 Å². The minimum atomic E-state index is -0.606. The van der Waals surface area contributed by atoms with E-state index < -0.39 is 23.2 Å². The summed E-state index contributed by atoms with van der Waals surface area (Å²) in [7, 11) is 0. The molecular weight excluding hydrogens is 426 g/mol. The van der Waals surface area contributed by atoms with Gasteiger partial charge in [0.15, 0.2) is 0 Å². The van der Waals surface area contributed by atoms with E-state index in [1.54, 1.807) is 44.5 Å². The predicted octanol–water partition coefficient (Wildman–Crippen LogP) is -0.0725. The van der Waals surface area contributed by atoms with E-state index >= 15 is 0 Å². The Morgan fingerprint density at radius 2 is 1.08 bits per heavy atom. The first-order chi connectivity index (χ1) is 11.3. The largest absolute Gasteiger partial charge is 1.00 e. The summed E-state index contributed by atoms with van der Waals surface area (Å²) in [6.45, 7) is 4.73. The molecule has 0 bridgehead atoms. The molecule has 1 fully saturated rings. The van der Waals surface area contributed by atoms with E-state index in [-0.39, 0.29) is 24.8 Å². The third-order valence-electron chi connectivity index (χ3n) is 6.01. The van der Waals surface area contributed by atoms with Gasteiger partial charge in [-0.3, -0.25) is 0 Å². The van der Waals surface area contributed by atoms with E-state index in [9.17, 15) is 0 Å². The van der Waals surface area contributed by atoms with Gasteiger partial charge in [-0.05, 0) is 0 Å². The summed E-state index contributed by atoms with van der Waals surface area (Å²) < 4.78 is 1.60. The molecule has 2 unspecified atom stereocenters. The van der Waals surface area contributed by atoms with E-state index in [1.165, 1.54) is 12.8 Å². The van der Waals surface area contributed by atoms with Crippen molar-refractivity contribution in [3.05, 3.63) is 81.9 Å². The molecule has 1 saturated heterocycles. The Balaban J connectivity index is 0.000000911. The molecule has 0 radical (unpaired) electrons. The van der Waals surface area contributed by atoms with Crippen molar-refractivity contribution in [2.24, 2.45) is 0 Å². The molecule has 0 spiro atoms. The maximum atomic E-state index is 2.40. The van der Waals surface area contributed by atoms with E-state index in [0.717, 1.165) is 7.25 Å². The second kappa shape index (κ2) is 7.18. The van der Waals surface area contributed by atoms with Gasteiger partial charge >= 0.3 is 150 Å². The molecule has 0 saturated carbocycles. The van der Waals surface area contributed by atoms with Crippen LogP contribution in [0.4, 0.5) is 0 Å². The first-order valence-electron chi connectivity index (χ1n) is 8.59. The first kappa shape index (κ1) is 19.2. The van der Waals surface area contributed by atoms with Crippen LogP contribution >= 0.6 is 0 Å². The molecule has 1 aliphatic heterocycles. The predicted molar refractivity (Wildman–Crippen MR) is 92.8 cm³/mol. The molecule has 25 heavy (non-hydrogen) atoms. The maximum absolute atomic E-state index is 2.40. The second-order valence-electron chi connectivity index (χ2n) is 7.01. The number of benzene rings is 2. The molecular formula is C22H20Cl2Zr. The van der Waals surface area contributed by atoms with Gasteiger partial charge in [0.2, 0.25) is 0 Å². The van der Waals surface area contributed by atoms with E-state index in [4.69, 9.17) is 0 Å². The molecule has 2 aromatic rings. The Hall–Kier alpha value is -0.617. The first-order valence-corrected chi connectivity index (χ1v) is 11.4.